The molecule has 2 amide bonds. The molecule has 38 heavy (non-hydrogen) atoms. The van der Waals surface area contributed by atoms with Gasteiger partial charge >= 0.3 is 5.91 Å². The third-order valence-corrected chi connectivity index (χ3v) is 9.67. The second kappa shape index (κ2) is 10.4. The first kappa shape index (κ1) is 25.4. The van der Waals surface area contributed by atoms with Gasteiger partial charge in [-0.15, -0.1) is 0 Å². The lowest BCUT2D eigenvalue weighted by Crippen LogP contribution is -2.46. The highest BCUT2D eigenvalue weighted by atomic mass is 35.5. The van der Waals surface area contributed by atoms with Crippen molar-refractivity contribution in [1.29, 1.82) is 0 Å². The van der Waals surface area contributed by atoms with E-state index in [1.807, 2.05) is 0 Å². The lowest BCUT2D eigenvalue weighted by molar-refractivity contribution is -0.138. The number of imide groups is 1. The summed E-state index contributed by atoms with van der Waals surface area (Å²) in [4.78, 5) is 41.6. The highest BCUT2D eigenvalue weighted by molar-refractivity contribution is 8.15. The average Bonchev–Trinajstić information content (AvgIpc) is 3.24. The number of benzene rings is 2. The summed E-state index contributed by atoms with van der Waals surface area (Å²) in [5.41, 5.74) is 1.30. The molecule has 0 bridgehead atoms. The first-order valence-corrected chi connectivity index (χ1v) is 15.3. The van der Waals surface area contributed by atoms with Gasteiger partial charge in [0.05, 0.1) is 5.02 Å². The molecule has 0 atom stereocenters. The van der Waals surface area contributed by atoms with E-state index in [1.54, 1.807) is 24.3 Å². The van der Waals surface area contributed by atoms with Crippen LogP contribution >= 0.6 is 23.4 Å². The first-order chi connectivity index (χ1) is 18.4. The summed E-state index contributed by atoms with van der Waals surface area (Å²) in [5, 5.41) is 0.450. The molecule has 2 aromatic carbocycles. The van der Waals surface area contributed by atoms with E-state index in [0.29, 0.717) is 44.7 Å². The average molecular weight is 561 g/mol. The molecular weight excluding hydrogens is 531 g/mol. The van der Waals surface area contributed by atoms with Gasteiger partial charge in [0.1, 0.15) is 23.3 Å². The number of piperidine rings is 1. The highest BCUT2D eigenvalue weighted by Crippen LogP contribution is 2.41. The van der Waals surface area contributed by atoms with Crippen LogP contribution in [0.3, 0.4) is 0 Å². The Hall–Kier alpha value is -2.88. The summed E-state index contributed by atoms with van der Waals surface area (Å²) in [6.07, 6.45) is 5.71. The number of amides is 2. The number of rotatable bonds is 5. The third-order valence-electron chi connectivity index (χ3n) is 7.95. The molecule has 7 nitrogen and oxygen atoms in total. The molecule has 3 aliphatic rings. The molecule has 0 unspecified atom stereocenters. The summed E-state index contributed by atoms with van der Waals surface area (Å²) in [7, 11) is 0. The van der Waals surface area contributed by atoms with Crippen LogP contribution in [0, 0.1) is 5.82 Å². The van der Waals surface area contributed by atoms with Crippen molar-refractivity contribution < 1.29 is 27.9 Å². The Morgan fingerprint density at radius 2 is 1.79 bits per heavy atom. The van der Waals surface area contributed by atoms with Crippen molar-refractivity contribution in [3.8, 4) is 16.9 Å². The summed E-state index contributed by atoms with van der Waals surface area (Å²) >= 11 is 5.50. The zero-order valence-corrected chi connectivity index (χ0v) is 23.1. The van der Waals surface area contributed by atoms with Crippen molar-refractivity contribution >= 4 is 51.3 Å². The molecule has 6 rings (SSSR count). The Balaban J connectivity index is 1.34. The largest absolute Gasteiger partial charge is 0.489 e. The van der Waals surface area contributed by atoms with Crippen molar-refractivity contribution in [1.82, 2.24) is 9.80 Å². The number of fused-ring (bicyclic) bond motifs is 1. The monoisotopic (exact) mass is 560 g/mol. The Morgan fingerprint density at radius 3 is 2.47 bits per heavy atom. The van der Waals surface area contributed by atoms with E-state index < -0.39 is 34.5 Å². The Morgan fingerprint density at radius 1 is 1.05 bits per heavy atom. The number of hydrogen-bond donors (Lipinski definition) is 0. The molecule has 3 aromatic rings. The minimum absolute atomic E-state index is 0.0232. The van der Waals surface area contributed by atoms with Gasteiger partial charge in [0.2, 0.25) is 10.9 Å². The van der Waals surface area contributed by atoms with Gasteiger partial charge in [0.15, 0.2) is 0 Å². The molecule has 0 spiro atoms. The smallest absolute Gasteiger partial charge is 0.304 e. The fourth-order valence-corrected chi connectivity index (χ4v) is 7.01. The topological polar surface area (TPSA) is 80.1 Å². The molecule has 3 fully saturated rings. The van der Waals surface area contributed by atoms with Crippen molar-refractivity contribution in [3.05, 3.63) is 53.0 Å². The maximum atomic E-state index is 13.7. The second-order valence-electron chi connectivity index (χ2n) is 10.3. The number of ether oxygens (including phenoxy) is 1. The van der Waals surface area contributed by atoms with Crippen LogP contribution in [0.4, 0.5) is 4.39 Å². The van der Waals surface area contributed by atoms with E-state index in [4.69, 9.17) is 20.8 Å². The molecule has 1 saturated carbocycles. The van der Waals surface area contributed by atoms with Gasteiger partial charge in [-0.25, -0.2) is 16.2 Å². The van der Waals surface area contributed by atoms with E-state index >= 15 is 0 Å². The van der Waals surface area contributed by atoms with E-state index in [-0.39, 0.29) is 18.4 Å². The fraction of sp³-hybridized carbons (Fsp3) is 0.393. The predicted molar refractivity (Wildman–Crippen MR) is 149 cm³/mol. The predicted octanol–water partition coefficient (Wildman–Crippen LogP) is 4.46. The zero-order chi connectivity index (χ0) is 26.4. The van der Waals surface area contributed by atoms with Crippen LogP contribution in [0.1, 0.15) is 42.7 Å². The Labute approximate surface area is 228 Å². The van der Waals surface area contributed by atoms with Crippen LogP contribution in [0.25, 0.3) is 22.1 Å². The summed E-state index contributed by atoms with van der Waals surface area (Å²) in [5.74, 6) is -0.976. The SMILES string of the molecule is O=C1[SH4]CCN(C(=O)c2oc3cc(OC4CCN(C5CCC5)CC4)c(Cl)cc3c2-c2ccc(F)cc2)C1=O. The zero-order valence-electron chi connectivity index (χ0n) is 20.9. The number of furan rings is 1. The molecule has 2 aliphatic heterocycles. The second-order valence-corrected chi connectivity index (χ2v) is 12.6. The maximum absolute atomic E-state index is 13.7. The summed E-state index contributed by atoms with van der Waals surface area (Å²) in [6.45, 7) is 2.17. The summed E-state index contributed by atoms with van der Waals surface area (Å²) in [6, 6.07) is 9.74. The van der Waals surface area contributed by atoms with Crippen molar-refractivity contribution in [2.24, 2.45) is 0 Å². The van der Waals surface area contributed by atoms with E-state index in [0.717, 1.165) is 30.8 Å². The molecule has 202 valence electrons. The molecule has 0 radical (unpaired) electrons. The Bertz CT molecular complexity index is 1410. The van der Waals surface area contributed by atoms with Gasteiger partial charge in [-0.3, -0.25) is 19.3 Å². The van der Waals surface area contributed by atoms with Gasteiger partial charge in [-0.2, -0.15) is 0 Å². The first-order valence-electron chi connectivity index (χ1n) is 13.2. The van der Waals surface area contributed by atoms with Gasteiger partial charge in [0.25, 0.3) is 5.91 Å². The van der Waals surface area contributed by atoms with Crippen molar-refractivity contribution in [2.45, 2.75) is 44.2 Å². The lowest BCUT2D eigenvalue weighted by atomic mass is 9.90. The van der Waals surface area contributed by atoms with Crippen LogP contribution < -0.4 is 4.74 Å². The number of hydrogen-bond acceptors (Lipinski definition) is 6. The van der Waals surface area contributed by atoms with E-state index in [2.05, 4.69) is 4.90 Å². The third kappa shape index (κ3) is 4.72. The Kier molecular flexibility index (Phi) is 6.92. The molecule has 0 N–H and O–H groups in total. The van der Waals surface area contributed by atoms with Crippen molar-refractivity contribution in [3.63, 3.8) is 0 Å². The highest BCUT2D eigenvalue weighted by Gasteiger charge is 2.35. The summed E-state index contributed by atoms with van der Waals surface area (Å²) < 4.78 is 26.0. The van der Waals surface area contributed by atoms with Crippen LogP contribution in [0.5, 0.6) is 5.75 Å². The van der Waals surface area contributed by atoms with Crippen LogP contribution in [-0.4, -0.2) is 64.3 Å². The van der Waals surface area contributed by atoms with E-state index in [1.165, 1.54) is 31.4 Å². The minimum atomic E-state index is -1.17. The maximum Gasteiger partial charge on any atom is 0.304 e. The fourth-order valence-electron chi connectivity index (χ4n) is 5.61. The number of nitrogens with zero attached hydrogens (tertiary/aromatic N) is 2. The lowest BCUT2D eigenvalue weighted by Gasteiger charge is -2.41. The van der Waals surface area contributed by atoms with Crippen molar-refractivity contribution in [2.75, 3.05) is 25.4 Å². The minimum Gasteiger partial charge on any atom is -0.489 e. The van der Waals surface area contributed by atoms with Crippen LogP contribution in [0.2, 0.25) is 5.02 Å². The quantitative estimate of drug-likeness (QED) is 0.339. The standard InChI is InChI=1S/C28H30ClFN2O5S/c29-21-14-20-22(15-23(21)36-19-8-10-31(11-9-19)18-2-1-3-18)37-25(24(20)16-4-6-17(30)7-5-16)26(33)32-12-13-38-28(35)27(32)34/h4-7,14-15,18-19H,1-3,8-13H2,38H4. The molecule has 1 aromatic heterocycles. The van der Waals surface area contributed by atoms with Gasteiger partial charge in [0, 0.05) is 42.7 Å². The number of carbonyl (C=O) groups excluding carboxylic acids is 3. The molecule has 3 heterocycles. The van der Waals surface area contributed by atoms with Gasteiger partial charge in [-0.1, -0.05) is 30.2 Å². The number of carbonyl (C=O) groups is 3. The van der Waals surface area contributed by atoms with Gasteiger partial charge in [-0.05, 0) is 55.2 Å². The van der Waals surface area contributed by atoms with Gasteiger partial charge < -0.3 is 14.1 Å². The molecule has 2 saturated heterocycles. The normalized spacial score (nSPS) is 19.9. The van der Waals surface area contributed by atoms with Crippen LogP contribution in [-0.2, 0) is 9.59 Å². The molecule has 10 heteroatoms. The number of likely N-dealkylation sites (tertiary alicyclic amines) is 1. The molecular formula is C28H30ClFN2O5S. The number of halogens is 2. The van der Waals surface area contributed by atoms with E-state index in [9.17, 15) is 18.8 Å². The molecule has 1 aliphatic carbocycles. The van der Waals surface area contributed by atoms with Crippen LogP contribution in [0.15, 0.2) is 40.8 Å².